The van der Waals surface area contributed by atoms with E-state index in [0.29, 0.717) is 18.2 Å². The van der Waals surface area contributed by atoms with Gasteiger partial charge in [-0.3, -0.25) is 4.79 Å². The van der Waals surface area contributed by atoms with E-state index in [1.54, 1.807) is 6.20 Å². The number of hydrogen-bond acceptors (Lipinski definition) is 3. The minimum absolute atomic E-state index is 0.0239. The van der Waals surface area contributed by atoms with Gasteiger partial charge in [0.2, 0.25) is 0 Å². The Bertz CT molecular complexity index is 495. The van der Waals surface area contributed by atoms with Gasteiger partial charge in [-0.05, 0) is 25.7 Å². The minimum atomic E-state index is -0.0935. The van der Waals surface area contributed by atoms with Crippen molar-refractivity contribution in [3.63, 3.8) is 0 Å². The Morgan fingerprint density at radius 3 is 3.05 bits per heavy atom. The van der Waals surface area contributed by atoms with E-state index in [0.717, 1.165) is 31.6 Å². The van der Waals surface area contributed by atoms with Gasteiger partial charge in [-0.15, -0.1) is 0 Å². The summed E-state index contributed by atoms with van der Waals surface area (Å²) in [6.07, 6.45) is 6.92. The summed E-state index contributed by atoms with van der Waals surface area (Å²) in [4.78, 5) is 21.8. The van der Waals surface area contributed by atoms with E-state index >= 15 is 0 Å². The van der Waals surface area contributed by atoms with Gasteiger partial charge in [-0.25, -0.2) is 4.98 Å². The monoisotopic (exact) mass is 277 g/mol. The smallest absolute Gasteiger partial charge is 0.271 e. The van der Waals surface area contributed by atoms with Gasteiger partial charge in [0.15, 0.2) is 0 Å². The third-order valence-electron chi connectivity index (χ3n) is 4.63. The van der Waals surface area contributed by atoms with Crippen molar-refractivity contribution in [3.05, 3.63) is 17.7 Å². The topological polar surface area (TPSA) is 69.2 Å². The molecule has 0 radical (unpaired) electrons. The molecule has 3 rings (SSSR count). The number of carbonyl (C=O) groups is 1. The van der Waals surface area contributed by atoms with Crippen LogP contribution >= 0.6 is 0 Å². The van der Waals surface area contributed by atoms with Crippen LogP contribution in [0.4, 0.5) is 0 Å². The van der Waals surface area contributed by atoms with Gasteiger partial charge in [0.05, 0.1) is 12.8 Å². The van der Waals surface area contributed by atoms with Crippen LogP contribution in [0, 0.1) is 5.41 Å². The van der Waals surface area contributed by atoms with E-state index in [1.165, 1.54) is 12.8 Å². The number of aromatic amines is 1. The van der Waals surface area contributed by atoms with Crippen molar-refractivity contribution in [1.82, 2.24) is 14.9 Å². The second-order valence-electron chi connectivity index (χ2n) is 6.34. The van der Waals surface area contributed by atoms with Crippen LogP contribution in [0.15, 0.2) is 6.20 Å². The Hall–Kier alpha value is -1.36. The quantitative estimate of drug-likeness (QED) is 0.864. The molecule has 1 aromatic rings. The number of nitrogens with one attached hydrogen (secondary N) is 1. The standard InChI is InChI=1S/C15H23N3O2/c1-2-5-15(10-19)6-7-18(9-15)14(20)12-8-16-13(17-12)11-3-4-11/h8,11,19H,2-7,9-10H2,1H3,(H,16,17). The van der Waals surface area contributed by atoms with Crippen LogP contribution in [-0.2, 0) is 0 Å². The summed E-state index contributed by atoms with van der Waals surface area (Å²) < 4.78 is 0. The largest absolute Gasteiger partial charge is 0.396 e. The molecule has 2 heterocycles. The maximum atomic E-state index is 12.5. The summed E-state index contributed by atoms with van der Waals surface area (Å²) in [5.74, 6) is 1.51. The average molecular weight is 277 g/mol. The molecule has 0 aromatic carbocycles. The third-order valence-corrected chi connectivity index (χ3v) is 4.63. The van der Waals surface area contributed by atoms with Crippen molar-refractivity contribution in [2.24, 2.45) is 5.41 Å². The van der Waals surface area contributed by atoms with Crippen molar-refractivity contribution in [3.8, 4) is 0 Å². The molecule has 5 heteroatoms. The first kappa shape index (κ1) is 13.6. The van der Waals surface area contributed by atoms with Crippen molar-refractivity contribution in [1.29, 1.82) is 0 Å². The van der Waals surface area contributed by atoms with Crippen LogP contribution in [0.1, 0.15) is 61.3 Å². The highest BCUT2D eigenvalue weighted by atomic mass is 16.3. The van der Waals surface area contributed by atoms with E-state index in [-0.39, 0.29) is 17.9 Å². The van der Waals surface area contributed by atoms with Crippen LogP contribution in [0.25, 0.3) is 0 Å². The predicted octanol–water partition coefficient (Wildman–Crippen LogP) is 1.91. The van der Waals surface area contributed by atoms with Crippen LogP contribution in [-0.4, -0.2) is 45.6 Å². The molecule has 1 saturated carbocycles. The molecule has 1 aromatic heterocycles. The van der Waals surface area contributed by atoms with E-state index in [9.17, 15) is 9.90 Å². The van der Waals surface area contributed by atoms with Gasteiger partial charge in [0.25, 0.3) is 5.91 Å². The molecule has 1 amide bonds. The lowest BCUT2D eigenvalue weighted by Gasteiger charge is -2.26. The van der Waals surface area contributed by atoms with Gasteiger partial charge in [0.1, 0.15) is 11.5 Å². The Morgan fingerprint density at radius 2 is 2.40 bits per heavy atom. The highest BCUT2D eigenvalue weighted by molar-refractivity contribution is 5.92. The fourth-order valence-electron chi connectivity index (χ4n) is 3.23. The van der Waals surface area contributed by atoms with Crippen molar-refractivity contribution >= 4 is 5.91 Å². The Morgan fingerprint density at radius 1 is 1.60 bits per heavy atom. The van der Waals surface area contributed by atoms with Crippen molar-refractivity contribution in [2.75, 3.05) is 19.7 Å². The van der Waals surface area contributed by atoms with E-state index in [4.69, 9.17) is 0 Å². The predicted molar refractivity (Wildman–Crippen MR) is 75.5 cm³/mol. The Kier molecular flexibility index (Phi) is 3.54. The molecule has 2 aliphatic rings. The van der Waals surface area contributed by atoms with Crippen LogP contribution in [0.2, 0.25) is 0 Å². The molecule has 0 spiro atoms. The first-order valence-corrected chi connectivity index (χ1v) is 7.62. The molecule has 1 aliphatic heterocycles. The Balaban J connectivity index is 1.68. The zero-order valence-electron chi connectivity index (χ0n) is 12.1. The van der Waals surface area contributed by atoms with Gasteiger partial charge in [-0.2, -0.15) is 0 Å². The van der Waals surface area contributed by atoms with Crippen LogP contribution < -0.4 is 0 Å². The van der Waals surface area contributed by atoms with Gasteiger partial charge in [0, 0.05) is 24.4 Å². The van der Waals surface area contributed by atoms with Gasteiger partial charge in [-0.1, -0.05) is 13.3 Å². The fraction of sp³-hybridized carbons (Fsp3) is 0.733. The lowest BCUT2D eigenvalue weighted by Crippen LogP contribution is -2.34. The van der Waals surface area contributed by atoms with E-state index in [2.05, 4.69) is 16.9 Å². The molecule has 1 unspecified atom stereocenters. The number of carbonyl (C=O) groups excluding carboxylic acids is 1. The number of nitrogens with zero attached hydrogens (tertiary/aromatic N) is 2. The molecular formula is C15H23N3O2. The summed E-state index contributed by atoms with van der Waals surface area (Å²) in [5.41, 5.74) is 0.501. The highest BCUT2D eigenvalue weighted by Crippen LogP contribution is 2.38. The lowest BCUT2D eigenvalue weighted by atomic mass is 9.83. The average Bonchev–Trinajstić information content (AvgIpc) is 3.04. The first-order valence-electron chi connectivity index (χ1n) is 7.62. The molecule has 5 nitrogen and oxygen atoms in total. The highest BCUT2D eigenvalue weighted by Gasteiger charge is 2.39. The maximum Gasteiger partial charge on any atom is 0.271 e. The van der Waals surface area contributed by atoms with Crippen molar-refractivity contribution in [2.45, 2.75) is 44.9 Å². The number of amides is 1. The second kappa shape index (κ2) is 5.20. The number of hydrogen-bond donors (Lipinski definition) is 2. The molecule has 2 N–H and O–H groups in total. The normalized spacial score (nSPS) is 26.2. The van der Waals surface area contributed by atoms with E-state index in [1.807, 2.05) is 4.90 Å². The zero-order valence-corrected chi connectivity index (χ0v) is 12.1. The molecule has 1 aliphatic carbocycles. The number of H-pyrrole nitrogens is 1. The number of rotatable bonds is 5. The Labute approximate surface area is 119 Å². The molecule has 1 atom stereocenters. The first-order chi connectivity index (χ1) is 9.67. The third kappa shape index (κ3) is 2.46. The molecule has 0 bridgehead atoms. The number of likely N-dealkylation sites (tertiary alicyclic amines) is 1. The molecule has 20 heavy (non-hydrogen) atoms. The summed E-state index contributed by atoms with van der Waals surface area (Å²) in [7, 11) is 0. The van der Waals surface area contributed by atoms with E-state index < -0.39 is 0 Å². The number of aliphatic hydroxyl groups is 1. The van der Waals surface area contributed by atoms with Gasteiger partial charge < -0.3 is 15.0 Å². The summed E-state index contributed by atoms with van der Waals surface area (Å²) in [5, 5.41) is 9.64. The summed E-state index contributed by atoms with van der Waals surface area (Å²) in [6, 6.07) is 0. The maximum absolute atomic E-state index is 12.5. The molecule has 2 fully saturated rings. The number of imidazole rings is 1. The summed E-state index contributed by atoms with van der Waals surface area (Å²) in [6.45, 7) is 3.69. The molecule has 1 saturated heterocycles. The summed E-state index contributed by atoms with van der Waals surface area (Å²) >= 11 is 0. The van der Waals surface area contributed by atoms with Crippen LogP contribution in [0.5, 0.6) is 0 Å². The SMILES string of the molecule is CCCC1(CO)CCN(C(=O)c2cnc(C3CC3)[nH]2)C1. The molecular weight excluding hydrogens is 254 g/mol. The molecule has 110 valence electrons. The second-order valence-corrected chi connectivity index (χ2v) is 6.34. The number of aliphatic hydroxyl groups excluding tert-OH is 1. The minimum Gasteiger partial charge on any atom is -0.396 e. The zero-order chi connectivity index (χ0) is 14.2. The number of aromatic nitrogens is 2. The van der Waals surface area contributed by atoms with Gasteiger partial charge >= 0.3 is 0 Å². The fourth-order valence-corrected chi connectivity index (χ4v) is 3.23. The van der Waals surface area contributed by atoms with Crippen LogP contribution in [0.3, 0.4) is 0 Å². The van der Waals surface area contributed by atoms with Crippen molar-refractivity contribution < 1.29 is 9.90 Å². The lowest BCUT2D eigenvalue weighted by molar-refractivity contribution is 0.0724.